The predicted octanol–water partition coefficient (Wildman–Crippen LogP) is 1.91. The molecule has 2 aliphatic heterocycles. The van der Waals surface area contributed by atoms with Gasteiger partial charge in [0.2, 0.25) is 5.91 Å². The number of hydrazine groups is 1. The molecule has 2 aliphatic rings. The highest BCUT2D eigenvalue weighted by Crippen LogP contribution is 2.22. The highest BCUT2D eigenvalue weighted by atomic mass is 16.2. The van der Waals surface area contributed by atoms with E-state index in [9.17, 15) is 4.79 Å². The number of carbonyl (C=O) groups excluding carboxylic acids is 1. The summed E-state index contributed by atoms with van der Waals surface area (Å²) in [7, 11) is 0. The average molecular weight is 351 g/mol. The van der Waals surface area contributed by atoms with E-state index < -0.39 is 0 Å². The fraction of sp³-hybridized carbons (Fsp3) is 0.400. The van der Waals surface area contributed by atoms with Crippen molar-refractivity contribution in [2.45, 2.75) is 37.9 Å². The van der Waals surface area contributed by atoms with Crippen LogP contribution >= 0.6 is 0 Å². The minimum Gasteiger partial charge on any atom is -0.357 e. The maximum atomic E-state index is 12.5. The molecule has 0 saturated carbocycles. The number of amides is 1. The third-order valence-electron chi connectivity index (χ3n) is 5.13. The Labute approximate surface area is 154 Å². The molecule has 0 radical (unpaired) electrons. The summed E-state index contributed by atoms with van der Waals surface area (Å²) >= 11 is 0. The normalized spacial score (nSPS) is 22.5. The van der Waals surface area contributed by atoms with Crippen LogP contribution in [0.2, 0.25) is 0 Å². The topological polar surface area (TPSA) is 69.3 Å². The summed E-state index contributed by atoms with van der Waals surface area (Å²) in [4.78, 5) is 19.3. The lowest BCUT2D eigenvalue weighted by molar-refractivity contribution is -0.123. The number of pyridine rings is 1. The zero-order valence-corrected chi connectivity index (χ0v) is 14.8. The van der Waals surface area contributed by atoms with Gasteiger partial charge in [-0.25, -0.2) is 15.8 Å². The highest BCUT2D eigenvalue weighted by molar-refractivity contribution is 5.82. The van der Waals surface area contributed by atoms with Crippen LogP contribution in [-0.4, -0.2) is 30.0 Å². The first kappa shape index (κ1) is 17.0. The Bertz CT molecular complexity index is 745. The van der Waals surface area contributed by atoms with Crippen LogP contribution in [0.15, 0.2) is 48.7 Å². The largest absolute Gasteiger partial charge is 0.357 e. The molecule has 2 unspecified atom stereocenters. The molecule has 6 nitrogen and oxygen atoms in total. The zero-order valence-electron chi connectivity index (χ0n) is 14.8. The second kappa shape index (κ2) is 7.85. The van der Waals surface area contributed by atoms with Crippen LogP contribution in [0.1, 0.15) is 36.4 Å². The quantitative estimate of drug-likeness (QED) is 0.768. The molecule has 1 aromatic heterocycles. The second-order valence-corrected chi connectivity index (χ2v) is 6.97. The molecule has 2 fully saturated rings. The van der Waals surface area contributed by atoms with Crippen molar-refractivity contribution in [3.8, 4) is 0 Å². The lowest BCUT2D eigenvalue weighted by atomic mass is 10.0. The van der Waals surface area contributed by atoms with E-state index in [0.29, 0.717) is 6.54 Å². The van der Waals surface area contributed by atoms with E-state index in [1.54, 1.807) is 0 Å². The molecule has 26 heavy (non-hydrogen) atoms. The number of aromatic nitrogens is 1. The Morgan fingerprint density at radius 3 is 2.77 bits per heavy atom. The number of hydrogen-bond acceptors (Lipinski definition) is 5. The summed E-state index contributed by atoms with van der Waals surface area (Å²) < 4.78 is 0. The lowest BCUT2D eigenvalue weighted by Crippen LogP contribution is -2.42. The first-order valence-corrected chi connectivity index (χ1v) is 9.33. The molecule has 0 aliphatic carbocycles. The summed E-state index contributed by atoms with van der Waals surface area (Å²) in [5.74, 6) is 1.04. The number of benzene rings is 1. The van der Waals surface area contributed by atoms with Crippen molar-refractivity contribution in [3.05, 3.63) is 59.8 Å². The number of anilines is 1. The van der Waals surface area contributed by atoms with E-state index >= 15 is 0 Å². The first-order valence-electron chi connectivity index (χ1n) is 9.33. The fourth-order valence-electron chi connectivity index (χ4n) is 3.63. The molecular weight excluding hydrogens is 326 g/mol. The Kier molecular flexibility index (Phi) is 5.13. The van der Waals surface area contributed by atoms with E-state index in [2.05, 4.69) is 44.3 Å². The molecule has 3 heterocycles. The van der Waals surface area contributed by atoms with Crippen LogP contribution in [-0.2, 0) is 11.3 Å². The van der Waals surface area contributed by atoms with Gasteiger partial charge in [-0.3, -0.25) is 4.79 Å². The highest BCUT2D eigenvalue weighted by Gasteiger charge is 2.29. The molecule has 4 rings (SSSR count). The lowest BCUT2D eigenvalue weighted by Gasteiger charge is -2.17. The first-order chi connectivity index (χ1) is 12.8. The smallest absolute Gasteiger partial charge is 0.238 e. The van der Waals surface area contributed by atoms with E-state index in [1.165, 1.54) is 18.4 Å². The van der Waals surface area contributed by atoms with Crippen molar-refractivity contribution in [3.63, 3.8) is 0 Å². The fourth-order valence-corrected chi connectivity index (χ4v) is 3.63. The molecule has 2 aromatic rings. The molecule has 3 N–H and O–H groups in total. The van der Waals surface area contributed by atoms with Gasteiger partial charge in [0.15, 0.2) is 0 Å². The van der Waals surface area contributed by atoms with Gasteiger partial charge in [0, 0.05) is 31.9 Å². The van der Waals surface area contributed by atoms with Gasteiger partial charge < -0.3 is 10.2 Å². The molecule has 1 amide bonds. The van der Waals surface area contributed by atoms with Crippen LogP contribution in [0, 0.1) is 0 Å². The van der Waals surface area contributed by atoms with E-state index in [-0.39, 0.29) is 18.0 Å². The van der Waals surface area contributed by atoms with Crippen LogP contribution in [0.4, 0.5) is 5.82 Å². The third-order valence-corrected chi connectivity index (χ3v) is 5.13. The van der Waals surface area contributed by atoms with Crippen molar-refractivity contribution in [2.75, 3.05) is 18.0 Å². The van der Waals surface area contributed by atoms with Crippen molar-refractivity contribution in [2.24, 2.45) is 0 Å². The number of hydrogen-bond donors (Lipinski definition) is 3. The van der Waals surface area contributed by atoms with Gasteiger partial charge in [0.1, 0.15) is 11.9 Å². The Morgan fingerprint density at radius 1 is 1.15 bits per heavy atom. The Morgan fingerprint density at radius 2 is 1.96 bits per heavy atom. The summed E-state index contributed by atoms with van der Waals surface area (Å²) in [5, 5.41) is 3.04. The van der Waals surface area contributed by atoms with Gasteiger partial charge in [-0.1, -0.05) is 30.3 Å². The van der Waals surface area contributed by atoms with E-state index in [4.69, 9.17) is 0 Å². The molecule has 136 valence electrons. The van der Waals surface area contributed by atoms with Crippen LogP contribution in [0.25, 0.3) is 0 Å². The van der Waals surface area contributed by atoms with Gasteiger partial charge >= 0.3 is 0 Å². The standard InChI is InChI=1S/C20H25N5O/c26-20(18-13-17(23-24-18)16-6-2-1-3-7-16)22-14-15-8-9-21-19(12-15)25-10-4-5-11-25/h1-3,6-9,12,17-18,23-24H,4-5,10-11,13-14H2,(H,22,26). The average Bonchev–Trinajstić information content (AvgIpc) is 3.39. The summed E-state index contributed by atoms with van der Waals surface area (Å²) in [6, 6.07) is 14.2. The van der Waals surface area contributed by atoms with E-state index in [0.717, 1.165) is 30.9 Å². The summed E-state index contributed by atoms with van der Waals surface area (Å²) in [5.41, 5.74) is 8.61. The number of nitrogens with one attached hydrogen (secondary N) is 3. The van der Waals surface area contributed by atoms with Crippen LogP contribution in [0.3, 0.4) is 0 Å². The number of nitrogens with zero attached hydrogens (tertiary/aromatic N) is 2. The second-order valence-electron chi connectivity index (χ2n) is 6.97. The van der Waals surface area contributed by atoms with Crippen LogP contribution in [0.5, 0.6) is 0 Å². The van der Waals surface area contributed by atoms with Crippen molar-refractivity contribution in [1.82, 2.24) is 21.2 Å². The van der Waals surface area contributed by atoms with Gasteiger partial charge in [0.25, 0.3) is 0 Å². The molecule has 2 atom stereocenters. The maximum absolute atomic E-state index is 12.5. The van der Waals surface area contributed by atoms with E-state index in [1.807, 2.05) is 30.5 Å². The molecule has 0 bridgehead atoms. The monoisotopic (exact) mass is 351 g/mol. The van der Waals surface area contributed by atoms with Crippen molar-refractivity contribution in [1.29, 1.82) is 0 Å². The minimum atomic E-state index is -0.222. The maximum Gasteiger partial charge on any atom is 0.238 e. The predicted molar refractivity (Wildman–Crippen MR) is 101 cm³/mol. The third kappa shape index (κ3) is 3.86. The molecule has 2 saturated heterocycles. The summed E-state index contributed by atoms with van der Waals surface area (Å²) in [6.45, 7) is 2.67. The molecule has 1 aromatic carbocycles. The van der Waals surface area contributed by atoms with Gasteiger partial charge in [0.05, 0.1) is 0 Å². The van der Waals surface area contributed by atoms with Gasteiger partial charge in [-0.15, -0.1) is 0 Å². The van der Waals surface area contributed by atoms with Gasteiger partial charge in [-0.2, -0.15) is 0 Å². The van der Waals surface area contributed by atoms with Gasteiger partial charge in [-0.05, 0) is 42.5 Å². The number of carbonyl (C=O) groups is 1. The SMILES string of the molecule is O=C(NCc1ccnc(N2CCCC2)c1)C1CC(c2ccccc2)NN1. The molecule has 6 heteroatoms. The molecule has 0 spiro atoms. The number of rotatable bonds is 5. The zero-order chi connectivity index (χ0) is 17.8. The minimum absolute atomic E-state index is 0.0236. The Hall–Kier alpha value is -2.44. The van der Waals surface area contributed by atoms with Crippen LogP contribution < -0.4 is 21.1 Å². The van der Waals surface area contributed by atoms with Crippen molar-refractivity contribution >= 4 is 11.7 Å². The Balaban J connectivity index is 1.31. The summed E-state index contributed by atoms with van der Waals surface area (Å²) in [6.07, 6.45) is 5.03. The molecular formula is C20H25N5O. The van der Waals surface area contributed by atoms with Crippen molar-refractivity contribution < 1.29 is 4.79 Å².